The summed E-state index contributed by atoms with van der Waals surface area (Å²) < 4.78 is 16.6. The molecule has 3 rings (SSSR count). The zero-order valence-electron chi connectivity index (χ0n) is 15.7. The highest BCUT2D eigenvalue weighted by molar-refractivity contribution is 14.0. The van der Waals surface area contributed by atoms with Crippen LogP contribution in [0.5, 0.6) is 17.2 Å². The maximum absolute atomic E-state index is 5.73. The second-order valence-electron chi connectivity index (χ2n) is 5.94. The maximum atomic E-state index is 5.73. The first-order valence-corrected chi connectivity index (χ1v) is 8.79. The summed E-state index contributed by atoms with van der Waals surface area (Å²) in [5, 5.41) is 6.61. The second kappa shape index (κ2) is 10.9. The van der Waals surface area contributed by atoms with Crippen molar-refractivity contribution in [2.24, 2.45) is 4.99 Å². The molecular weight excluding hydrogens is 457 g/mol. The van der Waals surface area contributed by atoms with Gasteiger partial charge in [-0.25, -0.2) is 0 Å². The number of aliphatic imine (C=N–C) groups is 1. The molecule has 0 unspecified atom stereocenters. The number of halogens is 1. The van der Waals surface area contributed by atoms with Crippen molar-refractivity contribution in [2.75, 3.05) is 39.2 Å². The number of benzene rings is 2. The quantitative estimate of drug-likeness (QED) is 0.386. The van der Waals surface area contributed by atoms with Gasteiger partial charge in [0.25, 0.3) is 0 Å². The molecule has 1 heterocycles. The standard InChI is InChI=1S/C20H25N3O3.HI/c1-21-20(22-10-9-15-5-3-6-17(13-15)24-2)23-16-7-8-18-19(14-16)26-12-4-11-25-18;/h3,5-8,13-14H,4,9-12H2,1-2H3,(H2,21,22,23);1H. The average molecular weight is 483 g/mol. The minimum atomic E-state index is 0. The van der Waals surface area contributed by atoms with Crippen LogP contribution in [0.25, 0.3) is 0 Å². The molecule has 2 N–H and O–H groups in total. The van der Waals surface area contributed by atoms with E-state index in [0.717, 1.165) is 42.3 Å². The molecule has 0 amide bonds. The summed E-state index contributed by atoms with van der Waals surface area (Å²) in [5.41, 5.74) is 2.12. The Labute approximate surface area is 177 Å². The number of rotatable bonds is 5. The third-order valence-corrected chi connectivity index (χ3v) is 4.07. The van der Waals surface area contributed by atoms with Crippen molar-refractivity contribution in [3.8, 4) is 17.2 Å². The summed E-state index contributed by atoms with van der Waals surface area (Å²) in [6.07, 6.45) is 1.77. The summed E-state index contributed by atoms with van der Waals surface area (Å²) in [5.74, 6) is 3.13. The van der Waals surface area contributed by atoms with Crippen molar-refractivity contribution in [1.29, 1.82) is 0 Å². The number of methoxy groups -OCH3 is 1. The van der Waals surface area contributed by atoms with E-state index in [4.69, 9.17) is 14.2 Å². The molecule has 1 aliphatic rings. The molecule has 2 aromatic carbocycles. The molecule has 0 spiro atoms. The summed E-state index contributed by atoms with van der Waals surface area (Å²) in [4.78, 5) is 4.28. The molecule has 1 aliphatic heterocycles. The van der Waals surface area contributed by atoms with Crippen LogP contribution in [0.1, 0.15) is 12.0 Å². The SMILES string of the molecule is CN=C(NCCc1cccc(OC)c1)Nc1ccc2c(c1)OCCCO2.I. The van der Waals surface area contributed by atoms with E-state index in [0.29, 0.717) is 19.2 Å². The lowest BCUT2D eigenvalue weighted by Gasteiger charge is -2.14. The number of hydrogen-bond donors (Lipinski definition) is 2. The van der Waals surface area contributed by atoms with Gasteiger partial charge in [0, 0.05) is 31.8 Å². The maximum Gasteiger partial charge on any atom is 0.195 e. The number of hydrogen-bond acceptors (Lipinski definition) is 4. The van der Waals surface area contributed by atoms with Crippen LogP contribution in [0.2, 0.25) is 0 Å². The third kappa shape index (κ3) is 6.20. The minimum Gasteiger partial charge on any atom is -0.497 e. The fraction of sp³-hybridized carbons (Fsp3) is 0.350. The monoisotopic (exact) mass is 483 g/mol. The number of guanidine groups is 1. The normalized spacial score (nSPS) is 13.2. The van der Waals surface area contributed by atoms with Crippen molar-refractivity contribution in [3.05, 3.63) is 48.0 Å². The van der Waals surface area contributed by atoms with Gasteiger partial charge < -0.3 is 24.8 Å². The molecule has 0 aromatic heterocycles. The van der Waals surface area contributed by atoms with E-state index < -0.39 is 0 Å². The van der Waals surface area contributed by atoms with Crippen molar-refractivity contribution < 1.29 is 14.2 Å². The van der Waals surface area contributed by atoms with E-state index >= 15 is 0 Å². The Morgan fingerprint density at radius 1 is 1.11 bits per heavy atom. The first-order chi connectivity index (χ1) is 12.8. The number of nitrogens with one attached hydrogen (secondary N) is 2. The van der Waals surface area contributed by atoms with Crippen molar-refractivity contribution in [3.63, 3.8) is 0 Å². The lowest BCUT2D eigenvalue weighted by molar-refractivity contribution is 0.297. The summed E-state index contributed by atoms with van der Waals surface area (Å²) >= 11 is 0. The highest BCUT2D eigenvalue weighted by Crippen LogP contribution is 2.32. The van der Waals surface area contributed by atoms with Crippen LogP contribution in [0.15, 0.2) is 47.5 Å². The first-order valence-electron chi connectivity index (χ1n) is 8.79. The Hall–Kier alpha value is -2.16. The van der Waals surface area contributed by atoms with Crippen LogP contribution in [0.3, 0.4) is 0 Å². The lowest BCUT2D eigenvalue weighted by atomic mass is 10.1. The van der Waals surface area contributed by atoms with Gasteiger partial charge in [0.15, 0.2) is 17.5 Å². The van der Waals surface area contributed by atoms with E-state index in [1.807, 2.05) is 36.4 Å². The summed E-state index contributed by atoms with van der Waals surface area (Å²) in [6.45, 7) is 2.12. The molecule has 0 atom stereocenters. The van der Waals surface area contributed by atoms with Crippen LogP contribution in [0, 0.1) is 0 Å². The highest BCUT2D eigenvalue weighted by atomic mass is 127. The van der Waals surface area contributed by atoms with Gasteiger partial charge in [-0.2, -0.15) is 0 Å². The van der Waals surface area contributed by atoms with Crippen LogP contribution in [-0.4, -0.2) is 39.9 Å². The Morgan fingerprint density at radius 2 is 1.93 bits per heavy atom. The third-order valence-electron chi connectivity index (χ3n) is 4.07. The lowest BCUT2D eigenvalue weighted by Crippen LogP contribution is -2.32. The Morgan fingerprint density at radius 3 is 2.70 bits per heavy atom. The van der Waals surface area contributed by atoms with Crippen molar-refractivity contribution in [1.82, 2.24) is 5.32 Å². The molecule has 6 nitrogen and oxygen atoms in total. The van der Waals surface area contributed by atoms with E-state index in [1.165, 1.54) is 5.56 Å². The Balaban J connectivity index is 0.00000261. The predicted molar refractivity (Wildman–Crippen MR) is 119 cm³/mol. The molecule has 146 valence electrons. The largest absolute Gasteiger partial charge is 0.497 e. The molecule has 0 radical (unpaired) electrons. The number of nitrogens with zero attached hydrogens (tertiary/aromatic N) is 1. The van der Waals surface area contributed by atoms with Crippen LogP contribution in [0.4, 0.5) is 5.69 Å². The molecule has 0 saturated heterocycles. The number of fused-ring (bicyclic) bond motifs is 1. The molecule has 0 aliphatic carbocycles. The minimum absolute atomic E-state index is 0. The zero-order chi connectivity index (χ0) is 18.2. The number of ether oxygens (including phenoxy) is 3. The smallest absolute Gasteiger partial charge is 0.195 e. The average Bonchev–Trinajstić information content (AvgIpc) is 2.92. The van der Waals surface area contributed by atoms with Crippen molar-refractivity contribution >= 4 is 35.6 Å². The van der Waals surface area contributed by atoms with Crippen molar-refractivity contribution in [2.45, 2.75) is 12.8 Å². The topological polar surface area (TPSA) is 64.1 Å². The second-order valence-corrected chi connectivity index (χ2v) is 5.94. The van der Waals surface area contributed by atoms with E-state index in [-0.39, 0.29) is 24.0 Å². The van der Waals surface area contributed by atoms with E-state index in [1.54, 1.807) is 14.2 Å². The molecule has 0 saturated carbocycles. The van der Waals surface area contributed by atoms with Gasteiger partial charge in [0.1, 0.15) is 5.75 Å². The van der Waals surface area contributed by atoms with Gasteiger partial charge in [-0.05, 0) is 36.2 Å². The predicted octanol–water partition coefficient (Wildman–Crippen LogP) is 3.70. The van der Waals surface area contributed by atoms with Gasteiger partial charge in [-0.3, -0.25) is 4.99 Å². The fourth-order valence-electron chi connectivity index (χ4n) is 2.71. The van der Waals surface area contributed by atoms with Gasteiger partial charge in [-0.15, -0.1) is 24.0 Å². The van der Waals surface area contributed by atoms with Gasteiger partial charge in [0.05, 0.1) is 20.3 Å². The first kappa shape index (κ1) is 21.1. The molecule has 0 bridgehead atoms. The van der Waals surface area contributed by atoms with E-state index in [9.17, 15) is 0 Å². The Bertz CT molecular complexity index is 768. The van der Waals surface area contributed by atoms with Crippen LogP contribution in [-0.2, 0) is 6.42 Å². The molecular formula is C20H26IN3O3. The van der Waals surface area contributed by atoms with Gasteiger partial charge in [-0.1, -0.05) is 12.1 Å². The molecule has 2 aromatic rings. The molecule has 0 fully saturated rings. The van der Waals surface area contributed by atoms with Crippen LogP contribution < -0.4 is 24.8 Å². The summed E-state index contributed by atoms with van der Waals surface area (Å²) in [7, 11) is 3.43. The fourth-order valence-corrected chi connectivity index (χ4v) is 2.71. The van der Waals surface area contributed by atoms with Crippen LogP contribution >= 0.6 is 24.0 Å². The molecule has 7 heteroatoms. The number of anilines is 1. The van der Waals surface area contributed by atoms with E-state index in [2.05, 4.69) is 21.7 Å². The van der Waals surface area contributed by atoms with Gasteiger partial charge in [0.2, 0.25) is 0 Å². The highest BCUT2D eigenvalue weighted by Gasteiger charge is 2.11. The van der Waals surface area contributed by atoms with Gasteiger partial charge >= 0.3 is 0 Å². The summed E-state index contributed by atoms with van der Waals surface area (Å²) in [6, 6.07) is 13.9. The Kier molecular flexibility index (Phi) is 8.50. The zero-order valence-corrected chi connectivity index (χ0v) is 18.0. The molecule has 27 heavy (non-hydrogen) atoms.